The fourth-order valence-corrected chi connectivity index (χ4v) is 1.98. The maximum Gasteiger partial charge on any atom is 0.175 e. The molecule has 0 fully saturated rings. The molecule has 15 heavy (non-hydrogen) atoms. The number of aryl methyl sites for hydroxylation is 1. The van der Waals surface area contributed by atoms with Gasteiger partial charge in [0, 0.05) is 10.7 Å². The number of halogens is 1. The number of fused-ring (bicyclic) bond motifs is 1. The Kier molecular flexibility index (Phi) is 3.31. The van der Waals surface area contributed by atoms with Crippen molar-refractivity contribution in [3.8, 4) is 5.75 Å². The van der Waals surface area contributed by atoms with Crippen LogP contribution in [-0.2, 0) is 6.42 Å². The van der Waals surface area contributed by atoms with Crippen LogP contribution in [-0.4, -0.2) is 12.4 Å². The van der Waals surface area contributed by atoms with Crippen molar-refractivity contribution in [1.82, 2.24) is 0 Å². The molecule has 0 saturated heterocycles. The lowest BCUT2D eigenvalue weighted by Crippen LogP contribution is -1.85. The first-order valence-electron chi connectivity index (χ1n) is 4.96. The van der Waals surface area contributed by atoms with E-state index in [9.17, 15) is 0 Å². The summed E-state index contributed by atoms with van der Waals surface area (Å²) in [6.45, 7) is 0. The Morgan fingerprint density at radius 3 is 3.00 bits per heavy atom. The topological polar surface area (TPSA) is 22.4 Å². The van der Waals surface area contributed by atoms with Crippen LogP contribution in [0.15, 0.2) is 28.9 Å². The minimum atomic E-state index is 0.803. The summed E-state index contributed by atoms with van der Waals surface area (Å²) in [6.07, 6.45) is 3.98. The highest BCUT2D eigenvalue weighted by atomic mass is 79.9. The molecule has 0 aliphatic carbocycles. The van der Waals surface area contributed by atoms with Gasteiger partial charge in [-0.2, -0.15) is 0 Å². The van der Waals surface area contributed by atoms with Crippen molar-refractivity contribution < 1.29 is 9.15 Å². The molecule has 0 N–H and O–H groups in total. The first-order chi connectivity index (χ1) is 7.36. The lowest BCUT2D eigenvalue weighted by Gasteiger charge is -2.00. The van der Waals surface area contributed by atoms with Gasteiger partial charge in [0.05, 0.1) is 13.4 Å². The van der Waals surface area contributed by atoms with Crippen LogP contribution in [0.2, 0.25) is 0 Å². The van der Waals surface area contributed by atoms with Crippen molar-refractivity contribution in [2.45, 2.75) is 12.8 Å². The Balaban J connectivity index is 2.42. The van der Waals surface area contributed by atoms with Gasteiger partial charge in [-0.05, 0) is 24.5 Å². The van der Waals surface area contributed by atoms with Crippen molar-refractivity contribution in [1.29, 1.82) is 0 Å². The van der Waals surface area contributed by atoms with Gasteiger partial charge in [-0.3, -0.25) is 0 Å². The van der Waals surface area contributed by atoms with Crippen molar-refractivity contribution in [3.63, 3.8) is 0 Å². The normalized spacial score (nSPS) is 10.8. The average Bonchev–Trinajstić information content (AvgIpc) is 2.69. The molecular formula is C12H13BrO2. The van der Waals surface area contributed by atoms with Gasteiger partial charge >= 0.3 is 0 Å². The second-order valence-electron chi connectivity index (χ2n) is 3.39. The monoisotopic (exact) mass is 268 g/mol. The summed E-state index contributed by atoms with van der Waals surface area (Å²) < 4.78 is 10.8. The molecule has 1 heterocycles. The third-order valence-corrected chi connectivity index (χ3v) is 3.00. The van der Waals surface area contributed by atoms with E-state index >= 15 is 0 Å². The molecule has 1 aromatic heterocycles. The van der Waals surface area contributed by atoms with E-state index in [-0.39, 0.29) is 0 Å². The number of alkyl halides is 1. The van der Waals surface area contributed by atoms with Crippen LogP contribution in [0.3, 0.4) is 0 Å². The number of methoxy groups -OCH3 is 1. The molecular weight excluding hydrogens is 256 g/mol. The van der Waals surface area contributed by atoms with E-state index in [4.69, 9.17) is 9.15 Å². The van der Waals surface area contributed by atoms with E-state index in [0.717, 1.165) is 34.9 Å². The standard InChI is InChI=1S/C12H13BrO2/c1-14-11-6-2-5-10-9(4-3-7-13)8-15-12(10)11/h2,5-6,8H,3-4,7H2,1H3. The zero-order chi connectivity index (χ0) is 10.7. The van der Waals surface area contributed by atoms with Crippen LogP contribution < -0.4 is 4.74 Å². The number of benzene rings is 1. The van der Waals surface area contributed by atoms with Gasteiger partial charge in [-0.1, -0.05) is 28.1 Å². The average molecular weight is 269 g/mol. The number of para-hydroxylation sites is 1. The molecule has 2 aromatic rings. The van der Waals surface area contributed by atoms with Gasteiger partial charge in [0.25, 0.3) is 0 Å². The SMILES string of the molecule is COc1cccc2c(CCCBr)coc12. The van der Waals surface area contributed by atoms with Crippen molar-refractivity contribution >= 4 is 26.9 Å². The molecule has 2 nitrogen and oxygen atoms in total. The van der Waals surface area contributed by atoms with Crippen LogP contribution in [0.5, 0.6) is 5.75 Å². The van der Waals surface area contributed by atoms with E-state index in [1.165, 1.54) is 5.56 Å². The maximum atomic E-state index is 5.53. The third kappa shape index (κ3) is 2.02. The smallest absolute Gasteiger partial charge is 0.175 e. The molecule has 0 saturated carbocycles. The molecule has 1 aromatic carbocycles. The zero-order valence-corrected chi connectivity index (χ0v) is 10.2. The second kappa shape index (κ2) is 4.71. The highest BCUT2D eigenvalue weighted by Crippen LogP contribution is 2.30. The van der Waals surface area contributed by atoms with Crippen LogP contribution in [0.1, 0.15) is 12.0 Å². The molecule has 80 valence electrons. The third-order valence-electron chi connectivity index (χ3n) is 2.44. The Bertz CT molecular complexity index is 448. The summed E-state index contributed by atoms with van der Waals surface area (Å²) in [5.41, 5.74) is 2.10. The number of ether oxygens (including phenoxy) is 1. The highest BCUT2D eigenvalue weighted by Gasteiger charge is 2.09. The van der Waals surface area contributed by atoms with Crippen LogP contribution in [0.25, 0.3) is 11.0 Å². The minimum absolute atomic E-state index is 0.803. The molecule has 0 aliphatic rings. The molecule has 0 spiro atoms. The van der Waals surface area contributed by atoms with Gasteiger partial charge < -0.3 is 9.15 Å². The summed E-state index contributed by atoms with van der Waals surface area (Å²) >= 11 is 3.43. The Hall–Kier alpha value is -0.960. The molecule has 2 rings (SSSR count). The quantitative estimate of drug-likeness (QED) is 0.788. The van der Waals surface area contributed by atoms with Gasteiger partial charge in [-0.15, -0.1) is 0 Å². The summed E-state index contributed by atoms with van der Waals surface area (Å²) in [7, 11) is 1.66. The Labute approximate surface area is 97.3 Å². The first kappa shape index (κ1) is 10.6. The Morgan fingerprint density at radius 1 is 1.40 bits per heavy atom. The number of rotatable bonds is 4. The van der Waals surface area contributed by atoms with Crippen molar-refractivity contribution in [3.05, 3.63) is 30.0 Å². The summed E-state index contributed by atoms with van der Waals surface area (Å²) in [5.74, 6) is 0.803. The van der Waals surface area contributed by atoms with E-state index < -0.39 is 0 Å². The number of hydrogen-bond acceptors (Lipinski definition) is 2. The van der Waals surface area contributed by atoms with E-state index in [2.05, 4.69) is 22.0 Å². The molecule has 0 amide bonds. The minimum Gasteiger partial charge on any atom is -0.493 e. The van der Waals surface area contributed by atoms with Gasteiger partial charge in [0.2, 0.25) is 0 Å². The predicted molar refractivity (Wildman–Crippen MR) is 64.9 cm³/mol. The van der Waals surface area contributed by atoms with E-state index in [0.29, 0.717) is 0 Å². The maximum absolute atomic E-state index is 5.53. The van der Waals surface area contributed by atoms with Crippen LogP contribution >= 0.6 is 15.9 Å². The van der Waals surface area contributed by atoms with E-state index in [1.54, 1.807) is 7.11 Å². The molecule has 0 bridgehead atoms. The Morgan fingerprint density at radius 2 is 2.27 bits per heavy atom. The zero-order valence-electron chi connectivity index (χ0n) is 8.63. The summed E-state index contributed by atoms with van der Waals surface area (Å²) in [5, 5.41) is 2.18. The molecule has 0 atom stereocenters. The van der Waals surface area contributed by atoms with Gasteiger partial charge in [-0.25, -0.2) is 0 Å². The lowest BCUT2D eigenvalue weighted by atomic mass is 10.1. The van der Waals surface area contributed by atoms with E-state index in [1.807, 2.05) is 18.4 Å². The molecule has 3 heteroatoms. The van der Waals surface area contributed by atoms with Crippen LogP contribution in [0.4, 0.5) is 0 Å². The van der Waals surface area contributed by atoms with Gasteiger partial charge in [0.1, 0.15) is 0 Å². The largest absolute Gasteiger partial charge is 0.493 e. The molecule has 0 radical (unpaired) electrons. The molecule has 0 unspecified atom stereocenters. The first-order valence-corrected chi connectivity index (χ1v) is 6.08. The predicted octanol–water partition coefficient (Wildman–Crippen LogP) is 3.77. The number of furan rings is 1. The fraction of sp³-hybridized carbons (Fsp3) is 0.333. The second-order valence-corrected chi connectivity index (χ2v) is 4.18. The number of hydrogen-bond donors (Lipinski definition) is 0. The summed E-state index contributed by atoms with van der Waals surface area (Å²) in [6, 6.07) is 5.99. The molecule has 0 aliphatic heterocycles. The lowest BCUT2D eigenvalue weighted by molar-refractivity contribution is 0.410. The van der Waals surface area contributed by atoms with Gasteiger partial charge in [0.15, 0.2) is 11.3 Å². The highest BCUT2D eigenvalue weighted by molar-refractivity contribution is 9.09. The van der Waals surface area contributed by atoms with Crippen molar-refractivity contribution in [2.24, 2.45) is 0 Å². The fourth-order valence-electron chi connectivity index (χ4n) is 1.70. The van der Waals surface area contributed by atoms with Crippen LogP contribution in [0, 0.1) is 0 Å². The summed E-state index contributed by atoms with van der Waals surface area (Å²) in [4.78, 5) is 0. The van der Waals surface area contributed by atoms with Crippen molar-refractivity contribution in [2.75, 3.05) is 12.4 Å².